The normalized spacial score (nSPS) is 10.5. The number of anilines is 2. The van der Waals surface area contributed by atoms with Gasteiger partial charge < -0.3 is 16.9 Å². The Bertz CT molecular complexity index is 642. The largest absolute Gasteiger partial charge is 0.366 e. The van der Waals surface area contributed by atoms with Crippen LogP contribution in [0.15, 0.2) is 18.2 Å². The highest BCUT2D eigenvalue weighted by Gasteiger charge is 2.11. The molecule has 0 radical (unpaired) electrons. The lowest BCUT2D eigenvalue weighted by molar-refractivity contribution is -0.116. The monoisotopic (exact) mass is 314 g/mol. The lowest BCUT2D eigenvalue weighted by Crippen LogP contribution is -2.18. The first kappa shape index (κ1) is 14.4. The van der Waals surface area contributed by atoms with E-state index in [0.29, 0.717) is 28.0 Å². The Hall–Kier alpha value is -1.99. The summed E-state index contributed by atoms with van der Waals surface area (Å²) in [6.07, 6.45) is 0.475. The number of nitrogens with two attached hydrogens (primary N) is 2. The van der Waals surface area contributed by atoms with Crippen molar-refractivity contribution in [3.63, 3.8) is 0 Å². The van der Waals surface area contributed by atoms with Crippen LogP contribution in [0.2, 0.25) is 10.0 Å². The second-order valence-corrected chi connectivity index (χ2v) is 4.86. The van der Waals surface area contributed by atoms with Crippen LogP contribution in [0.4, 0.5) is 11.6 Å². The van der Waals surface area contributed by atoms with Crippen molar-refractivity contribution in [1.82, 2.24) is 14.9 Å². The third-order valence-corrected chi connectivity index (χ3v) is 3.14. The van der Waals surface area contributed by atoms with Crippen molar-refractivity contribution >= 4 is 40.7 Å². The maximum atomic E-state index is 11.8. The first-order valence-corrected chi connectivity index (χ1v) is 6.42. The summed E-state index contributed by atoms with van der Waals surface area (Å²) in [6, 6.07) is 4.82. The van der Waals surface area contributed by atoms with Gasteiger partial charge in [0.25, 0.3) is 0 Å². The molecule has 0 spiro atoms. The maximum Gasteiger partial charge on any atom is 0.240 e. The van der Waals surface area contributed by atoms with E-state index >= 15 is 0 Å². The van der Waals surface area contributed by atoms with Gasteiger partial charge in [-0.2, -0.15) is 0 Å². The fourth-order valence-electron chi connectivity index (χ4n) is 1.54. The number of benzene rings is 1. The molecule has 0 fully saturated rings. The number of aryl methyl sites for hydroxylation is 1. The Balaban J connectivity index is 1.96. The summed E-state index contributed by atoms with van der Waals surface area (Å²) in [6.45, 7) is 0. The van der Waals surface area contributed by atoms with Crippen molar-refractivity contribution in [3.8, 4) is 0 Å². The van der Waals surface area contributed by atoms with Crippen LogP contribution in [0.1, 0.15) is 12.2 Å². The topological polar surface area (TPSA) is 112 Å². The van der Waals surface area contributed by atoms with E-state index in [0.717, 1.165) is 4.68 Å². The van der Waals surface area contributed by atoms with Gasteiger partial charge in [0.1, 0.15) is 0 Å². The summed E-state index contributed by atoms with van der Waals surface area (Å²) in [4.78, 5) is 11.8. The molecular weight excluding hydrogens is 303 g/mol. The number of nitrogens with one attached hydrogen (secondary N) is 1. The van der Waals surface area contributed by atoms with Gasteiger partial charge in [-0.15, -0.1) is 10.2 Å². The van der Waals surface area contributed by atoms with E-state index in [9.17, 15) is 4.79 Å². The van der Waals surface area contributed by atoms with E-state index in [1.165, 1.54) is 0 Å². The van der Waals surface area contributed by atoms with Crippen molar-refractivity contribution in [1.29, 1.82) is 0 Å². The molecule has 0 atom stereocenters. The highest BCUT2D eigenvalue weighted by Crippen LogP contribution is 2.25. The number of nitrogen functional groups attached to an aromatic ring is 2. The van der Waals surface area contributed by atoms with Crippen molar-refractivity contribution in [2.75, 3.05) is 16.9 Å². The number of hydrogen-bond donors (Lipinski definition) is 3. The highest BCUT2D eigenvalue weighted by molar-refractivity contribution is 6.35. The molecule has 1 aromatic carbocycles. The zero-order chi connectivity index (χ0) is 14.7. The third kappa shape index (κ3) is 3.31. The maximum absolute atomic E-state index is 11.8. The molecule has 1 heterocycles. The molecule has 0 unspecified atom stereocenters. The molecule has 1 aromatic heterocycles. The second-order valence-electron chi connectivity index (χ2n) is 4.02. The van der Waals surface area contributed by atoms with Gasteiger partial charge in [0.2, 0.25) is 11.9 Å². The Morgan fingerprint density at radius 1 is 1.35 bits per heavy atom. The number of aromatic nitrogens is 3. The molecular formula is C11H12Cl2N6O. The fourth-order valence-corrected chi connectivity index (χ4v) is 1.88. The minimum absolute atomic E-state index is 0.0956. The molecule has 0 bridgehead atoms. The van der Waals surface area contributed by atoms with Gasteiger partial charge in [-0.25, -0.2) is 4.68 Å². The molecule has 2 aromatic rings. The van der Waals surface area contributed by atoms with Crippen LogP contribution in [-0.2, 0) is 11.2 Å². The number of nitrogens with zero attached hydrogens (tertiary/aromatic N) is 3. The summed E-state index contributed by atoms with van der Waals surface area (Å²) in [5.74, 6) is 5.86. The quantitative estimate of drug-likeness (QED) is 0.739. The second kappa shape index (κ2) is 5.98. The fraction of sp³-hybridized carbons (Fsp3) is 0.182. The Morgan fingerprint density at radius 2 is 2.10 bits per heavy atom. The molecule has 9 heteroatoms. The Morgan fingerprint density at radius 3 is 2.75 bits per heavy atom. The van der Waals surface area contributed by atoms with E-state index in [1.54, 1.807) is 18.2 Å². The van der Waals surface area contributed by atoms with Crippen LogP contribution >= 0.6 is 23.2 Å². The van der Waals surface area contributed by atoms with Crippen molar-refractivity contribution in [2.45, 2.75) is 12.8 Å². The molecule has 0 aliphatic heterocycles. The zero-order valence-electron chi connectivity index (χ0n) is 10.3. The van der Waals surface area contributed by atoms with E-state index in [-0.39, 0.29) is 18.3 Å². The number of hydrogen-bond acceptors (Lipinski definition) is 5. The molecule has 0 saturated carbocycles. The van der Waals surface area contributed by atoms with E-state index in [4.69, 9.17) is 34.8 Å². The molecule has 2 rings (SSSR count). The highest BCUT2D eigenvalue weighted by atomic mass is 35.5. The summed E-state index contributed by atoms with van der Waals surface area (Å²) >= 11 is 11.8. The molecule has 0 aliphatic carbocycles. The van der Waals surface area contributed by atoms with Crippen molar-refractivity contribution < 1.29 is 4.79 Å². The molecule has 0 aliphatic rings. The first-order valence-electron chi connectivity index (χ1n) is 5.67. The Labute approximate surface area is 124 Å². The molecule has 0 saturated heterocycles. The standard InChI is InChI=1S/C11H12Cl2N6O/c12-6-1-2-7(13)8(5-6)16-10(20)4-3-9-17-18-11(14)19(9)15/h1-2,5H,3-4,15H2,(H2,14,18)(H,16,20). The van der Waals surface area contributed by atoms with Crippen LogP contribution in [-0.4, -0.2) is 20.8 Å². The minimum atomic E-state index is -0.240. The van der Waals surface area contributed by atoms with E-state index in [2.05, 4.69) is 15.5 Å². The van der Waals surface area contributed by atoms with Crippen LogP contribution in [0.25, 0.3) is 0 Å². The lowest BCUT2D eigenvalue weighted by Gasteiger charge is -2.07. The summed E-state index contributed by atoms with van der Waals surface area (Å²) < 4.78 is 1.14. The van der Waals surface area contributed by atoms with Gasteiger partial charge in [0.05, 0.1) is 10.7 Å². The summed E-state index contributed by atoms with van der Waals surface area (Å²) in [5.41, 5.74) is 5.90. The lowest BCUT2D eigenvalue weighted by atomic mass is 10.2. The average Bonchev–Trinajstić information content (AvgIpc) is 2.72. The number of carbonyl (C=O) groups excluding carboxylic acids is 1. The van der Waals surface area contributed by atoms with Crippen LogP contribution < -0.4 is 16.9 Å². The van der Waals surface area contributed by atoms with Crippen molar-refractivity contribution in [2.24, 2.45) is 0 Å². The summed E-state index contributed by atoms with van der Waals surface area (Å²) in [7, 11) is 0. The SMILES string of the molecule is Nc1nnc(CCC(=O)Nc2cc(Cl)ccc2Cl)n1N. The molecule has 5 N–H and O–H groups in total. The van der Waals surface area contributed by atoms with Gasteiger partial charge in [0.15, 0.2) is 5.82 Å². The molecule has 106 valence electrons. The van der Waals surface area contributed by atoms with Crippen molar-refractivity contribution in [3.05, 3.63) is 34.1 Å². The van der Waals surface area contributed by atoms with Gasteiger partial charge in [-0.3, -0.25) is 4.79 Å². The van der Waals surface area contributed by atoms with Gasteiger partial charge >= 0.3 is 0 Å². The van der Waals surface area contributed by atoms with Crippen LogP contribution in [0.3, 0.4) is 0 Å². The van der Waals surface area contributed by atoms with E-state index in [1.807, 2.05) is 0 Å². The van der Waals surface area contributed by atoms with Gasteiger partial charge in [-0.05, 0) is 18.2 Å². The van der Waals surface area contributed by atoms with E-state index < -0.39 is 0 Å². The molecule has 20 heavy (non-hydrogen) atoms. The number of rotatable bonds is 4. The number of amides is 1. The molecule has 1 amide bonds. The molecule has 7 nitrogen and oxygen atoms in total. The first-order chi connectivity index (χ1) is 9.47. The number of carbonyl (C=O) groups is 1. The smallest absolute Gasteiger partial charge is 0.240 e. The zero-order valence-corrected chi connectivity index (χ0v) is 11.8. The number of halogens is 2. The van der Waals surface area contributed by atoms with Gasteiger partial charge in [0, 0.05) is 17.9 Å². The summed E-state index contributed by atoms with van der Waals surface area (Å²) in [5, 5.41) is 10.9. The minimum Gasteiger partial charge on any atom is -0.366 e. The van der Waals surface area contributed by atoms with Crippen LogP contribution in [0.5, 0.6) is 0 Å². The van der Waals surface area contributed by atoms with Gasteiger partial charge in [-0.1, -0.05) is 23.2 Å². The third-order valence-electron chi connectivity index (χ3n) is 2.57. The predicted molar refractivity (Wildman–Crippen MR) is 78.0 cm³/mol. The predicted octanol–water partition coefficient (Wildman–Crippen LogP) is 1.45. The van der Waals surface area contributed by atoms with Crippen LogP contribution in [0, 0.1) is 0 Å². The Kier molecular flexibility index (Phi) is 4.31. The average molecular weight is 315 g/mol.